The SMILES string of the molecule is CC(Oc1ccc(N)c(C#N)n1)C(F)(F)F. The Balaban J connectivity index is 2.88. The minimum atomic E-state index is -4.48. The minimum absolute atomic E-state index is 0.0921. The quantitative estimate of drug-likeness (QED) is 0.843. The van der Waals surface area contributed by atoms with Gasteiger partial charge >= 0.3 is 6.18 Å². The van der Waals surface area contributed by atoms with Crippen LogP contribution in [-0.4, -0.2) is 17.3 Å². The Labute approximate surface area is 89.5 Å². The van der Waals surface area contributed by atoms with Gasteiger partial charge in [0.25, 0.3) is 0 Å². The van der Waals surface area contributed by atoms with Crippen LogP contribution in [0.3, 0.4) is 0 Å². The van der Waals surface area contributed by atoms with Crippen molar-refractivity contribution >= 4 is 5.69 Å². The molecule has 0 radical (unpaired) electrons. The van der Waals surface area contributed by atoms with Crippen molar-refractivity contribution in [3.05, 3.63) is 17.8 Å². The lowest BCUT2D eigenvalue weighted by Gasteiger charge is -2.16. The molecule has 0 aliphatic rings. The molecule has 1 atom stereocenters. The molecule has 1 rings (SSSR count). The van der Waals surface area contributed by atoms with Gasteiger partial charge in [-0.1, -0.05) is 0 Å². The van der Waals surface area contributed by atoms with Crippen LogP contribution < -0.4 is 10.5 Å². The molecule has 0 amide bonds. The Morgan fingerprint density at radius 1 is 1.50 bits per heavy atom. The van der Waals surface area contributed by atoms with E-state index in [4.69, 9.17) is 11.0 Å². The number of ether oxygens (including phenoxy) is 1. The predicted octanol–water partition coefficient (Wildman–Crippen LogP) is 1.87. The standard InChI is InChI=1S/C9H8F3N3O/c1-5(9(10,11)12)16-8-3-2-6(14)7(4-13)15-8/h2-3,5H,14H2,1H3. The molecule has 0 saturated carbocycles. The molecule has 0 saturated heterocycles. The predicted molar refractivity (Wildman–Crippen MR) is 49.5 cm³/mol. The van der Waals surface area contributed by atoms with Gasteiger partial charge in [0, 0.05) is 6.07 Å². The molecule has 86 valence electrons. The summed E-state index contributed by atoms with van der Waals surface area (Å²) in [5.41, 5.74) is 5.29. The number of rotatable bonds is 2. The second-order valence-electron chi connectivity index (χ2n) is 3.00. The molecule has 0 fully saturated rings. The number of nitrogen functional groups attached to an aromatic ring is 1. The third-order valence-corrected chi connectivity index (χ3v) is 1.77. The fraction of sp³-hybridized carbons (Fsp3) is 0.333. The average molecular weight is 231 g/mol. The summed E-state index contributed by atoms with van der Waals surface area (Å²) in [6, 6.07) is 4.10. The van der Waals surface area contributed by atoms with Gasteiger partial charge in [-0.05, 0) is 13.0 Å². The Morgan fingerprint density at radius 3 is 2.62 bits per heavy atom. The average Bonchev–Trinajstić information content (AvgIpc) is 2.19. The lowest BCUT2D eigenvalue weighted by molar-refractivity contribution is -0.189. The van der Waals surface area contributed by atoms with Gasteiger partial charge in [0.15, 0.2) is 11.8 Å². The van der Waals surface area contributed by atoms with E-state index in [0.29, 0.717) is 0 Å². The van der Waals surface area contributed by atoms with Crippen molar-refractivity contribution < 1.29 is 17.9 Å². The molecule has 1 unspecified atom stereocenters. The van der Waals surface area contributed by atoms with Gasteiger partial charge in [-0.3, -0.25) is 0 Å². The van der Waals surface area contributed by atoms with Crippen LogP contribution >= 0.6 is 0 Å². The van der Waals surface area contributed by atoms with E-state index >= 15 is 0 Å². The van der Waals surface area contributed by atoms with Crippen molar-refractivity contribution in [2.24, 2.45) is 0 Å². The van der Waals surface area contributed by atoms with Gasteiger partial charge < -0.3 is 10.5 Å². The van der Waals surface area contributed by atoms with E-state index < -0.39 is 12.3 Å². The molecule has 0 aromatic carbocycles. The second-order valence-corrected chi connectivity index (χ2v) is 3.00. The molecule has 7 heteroatoms. The fourth-order valence-corrected chi connectivity index (χ4v) is 0.855. The lowest BCUT2D eigenvalue weighted by Crippen LogP contribution is -2.31. The molecule has 2 N–H and O–H groups in total. The number of pyridine rings is 1. The number of nitrogens with zero attached hydrogens (tertiary/aromatic N) is 2. The zero-order chi connectivity index (χ0) is 12.3. The third kappa shape index (κ3) is 2.76. The molecule has 16 heavy (non-hydrogen) atoms. The summed E-state index contributed by atoms with van der Waals surface area (Å²) in [5, 5.41) is 8.57. The molecule has 1 aromatic heterocycles. The first-order valence-corrected chi connectivity index (χ1v) is 4.24. The molecule has 0 spiro atoms. The highest BCUT2D eigenvalue weighted by Crippen LogP contribution is 2.24. The summed E-state index contributed by atoms with van der Waals surface area (Å²) >= 11 is 0. The molecule has 0 bridgehead atoms. The Hall–Kier alpha value is -1.97. The van der Waals surface area contributed by atoms with Gasteiger partial charge in [-0.2, -0.15) is 18.4 Å². The zero-order valence-corrected chi connectivity index (χ0v) is 8.25. The highest BCUT2D eigenvalue weighted by molar-refractivity contribution is 5.50. The van der Waals surface area contributed by atoms with Crippen LogP contribution in [0.4, 0.5) is 18.9 Å². The van der Waals surface area contributed by atoms with E-state index in [9.17, 15) is 13.2 Å². The number of nitriles is 1. The second kappa shape index (κ2) is 4.26. The maximum absolute atomic E-state index is 12.2. The van der Waals surface area contributed by atoms with Crippen molar-refractivity contribution in [1.82, 2.24) is 4.98 Å². The van der Waals surface area contributed by atoms with Gasteiger partial charge in [0.1, 0.15) is 6.07 Å². The number of aromatic nitrogens is 1. The Bertz CT molecular complexity index is 425. The Kier molecular flexibility index (Phi) is 3.22. The van der Waals surface area contributed by atoms with Crippen LogP contribution in [0.15, 0.2) is 12.1 Å². The number of anilines is 1. The number of nitrogens with two attached hydrogens (primary N) is 1. The number of halogens is 3. The van der Waals surface area contributed by atoms with Crippen LogP contribution in [0.25, 0.3) is 0 Å². The topological polar surface area (TPSA) is 71.9 Å². The summed E-state index contributed by atoms with van der Waals surface area (Å²) in [7, 11) is 0. The van der Waals surface area contributed by atoms with E-state index in [-0.39, 0.29) is 17.3 Å². The van der Waals surface area contributed by atoms with Gasteiger partial charge in [0.2, 0.25) is 5.88 Å². The largest absolute Gasteiger partial charge is 0.465 e. The highest BCUT2D eigenvalue weighted by atomic mass is 19.4. The summed E-state index contributed by atoms with van der Waals surface area (Å²) in [5.74, 6) is -0.282. The zero-order valence-electron chi connectivity index (χ0n) is 8.25. The summed E-state index contributed by atoms with van der Waals surface area (Å²) in [4.78, 5) is 3.54. The van der Waals surface area contributed by atoms with Gasteiger partial charge in [-0.25, -0.2) is 4.98 Å². The summed E-state index contributed by atoms with van der Waals surface area (Å²) < 4.78 is 41.0. The number of alkyl halides is 3. The third-order valence-electron chi connectivity index (χ3n) is 1.77. The van der Waals surface area contributed by atoms with Crippen molar-refractivity contribution in [1.29, 1.82) is 5.26 Å². The van der Waals surface area contributed by atoms with E-state index in [1.165, 1.54) is 12.1 Å². The molecular weight excluding hydrogens is 223 g/mol. The van der Waals surface area contributed by atoms with Crippen LogP contribution in [0, 0.1) is 11.3 Å². The van der Waals surface area contributed by atoms with Crippen LogP contribution in [0.2, 0.25) is 0 Å². The first-order valence-electron chi connectivity index (χ1n) is 4.24. The first kappa shape index (κ1) is 12.1. The van der Waals surface area contributed by atoms with E-state index in [1.807, 2.05) is 0 Å². The Morgan fingerprint density at radius 2 is 2.12 bits per heavy atom. The number of hydrogen-bond donors (Lipinski definition) is 1. The molecule has 1 aromatic rings. The van der Waals surface area contributed by atoms with E-state index in [1.54, 1.807) is 6.07 Å². The minimum Gasteiger partial charge on any atom is -0.465 e. The first-order chi connectivity index (χ1) is 7.34. The monoisotopic (exact) mass is 231 g/mol. The lowest BCUT2D eigenvalue weighted by atomic mass is 10.3. The smallest absolute Gasteiger partial charge is 0.425 e. The van der Waals surface area contributed by atoms with Crippen molar-refractivity contribution in [2.75, 3.05) is 5.73 Å². The van der Waals surface area contributed by atoms with E-state index in [0.717, 1.165) is 6.92 Å². The summed E-state index contributed by atoms with van der Waals surface area (Å²) in [6.07, 6.45) is -6.47. The maximum Gasteiger partial charge on any atom is 0.425 e. The molecule has 0 aliphatic carbocycles. The number of hydrogen-bond acceptors (Lipinski definition) is 4. The molecule has 1 heterocycles. The van der Waals surface area contributed by atoms with Crippen LogP contribution in [0.1, 0.15) is 12.6 Å². The van der Waals surface area contributed by atoms with Crippen molar-refractivity contribution in [2.45, 2.75) is 19.2 Å². The molecule has 4 nitrogen and oxygen atoms in total. The normalized spacial score (nSPS) is 12.9. The van der Waals surface area contributed by atoms with Gasteiger partial charge in [0.05, 0.1) is 5.69 Å². The van der Waals surface area contributed by atoms with Crippen molar-refractivity contribution in [3.63, 3.8) is 0 Å². The van der Waals surface area contributed by atoms with E-state index in [2.05, 4.69) is 9.72 Å². The summed E-state index contributed by atoms with van der Waals surface area (Å²) in [6.45, 7) is 0.851. The van der Waals surface area contributed by atoms with Crippen molar-refractivity contribution in [3.8, 4) is 11.9 Å². The van der Waals surface area contributed by atoms with Crippen LogP contribution in [-0.2, 0) is 0 Å². The molecular formula is C9H8F3N3O. The highest BCUT2D eigenvalue weighted by Gasteiger charge is 2.38. The molecule has 0 aliphatic heterocycles. The van der Waals surface area contributed by atoms with Crippen LogP contribution in [0.5, 0.6) is 5.88 Å². The fourth-order valence-electron chi connectivity index (χ4n) is 0.855. The maximum atomic E-state index is 12.2. The van der Waals surface area contributed by atoms with Gasteiger partial charge in [-0.15, -0.1) is 0 Å².